The predicted molar refractivity (Wildman–Crippen MR) is 243 cm³/mol. The number of nitrogens with one attached hydrogen (secondary N) is 4. The number of aromatic amines is 1. The van der Waals surface area contributed by atoms with Gasteiger partial charge in [0.25, 0.3) is 21.5 Å². The van der Waals surface area contributed by atoms with E-state index in [1.807, 2.05) is 18.2 Å². The molecule has 0 fully saturated rings. The van der Waals surface area contributed by atoms with Gasteiger partial charge in [0.05, 0.1) is 25.7 Å². The molecule has 0 unspecified atom stereocenters. The third-order valence-electron chi connectivity index (χ3n) is 9.73. The SMILES string of the molecule is CCCCCCCCCCCCCCCc1cccc(OCC(=O)Nc2ccc(Cl)c(Nc3[nH]n(-c4c(Cl)cc(Cl)cc4Cl)c(=O)c3NS(=O)(=O)c3ccccc3)c2)c1. The maximum Gasteiger partial charge on any atom is 0.297 e. The lowest BCUT2D eigenvalue weighted by Crippen LogP contribution is -2.22. The molecule has 4 aromatic carbocycles. The van der Waals surface area contributed by atoms with Gasteiger partial charge in [-0.15, -0.1) is 0 Å². The average molecular weight is 904 g/mol. The number of benzene rings is 4. The fraction of sp³-hybridized carbons (Fsp3) is 0.364. The van der Waals surface area contributed by atoms with E-state index in [1.54, 1.807) is 24.3 Å². The third-order valence-corrected chi connectivity index (χ3v) is 12.2. The van der Waals surface area contributed by atoms with Gasteiger partial charge in [-0.3, -0.25) is 19.4 Å². The summed E-state index contributed by atoms with van der Waals surface area (Å²) >= 11 is 25.5. The van der Waals surface area contributed by atoms with Crippen molar-refractivity contribution in [3.8, 4) is 11.4 Å². The van der Waals surface area contributed by atoms with Crippen LogP contribution in [0.25, 0.3) is 5.69 Å². The highest BCUT2D eigenvalue weighted by Gasteiger charge is 2.25. The minimum absolute atomic E-state index is 0.0290. The van der Waals surface area contributed by atoms with Crippen molar-refractivity contribution in [2.75, 3.05) is 22.0 Å². The van der Waals surface area contributed by atoms with Crippen LogP contribution in [0.2, 0.25) is 20.1 Å². The van der Waals surface area contributed by atoms with Crippen LogP contribution in [0.1, 0.15) is 96.0 Å². The summed E-state index contributed by atoms with van der Waals surface area (Å²) in [5, 5.41) is 9.12. The Kier molecular flexibility index (Phi) is 17.9. The number of sulfonamides is 1. The van der Waals surface area contributed by atoms with E-state index in [0.717, 1.165) is 23.1 Å². The fourth-order valence-corrected chi connectivity index (χ4v) is 8.88. The summed E-state index contributed by atoms with van der Waals surface area (Å²) in [6.45, 7) is 2.02. The second-order valence-corrected chi connectivity index (χ2v) is 17.8. The molecular weight excluding hydrogens is 852 g/mol. The van der Waals surface area contributed by atoms with Crippen molar-refractivity contribution in [2.24, 2.45) is 0 Å². The van der Waals surface area contributed by atoms with Crippen LogP contribution in [0.15, 0.2) is 94.6 Å². The number of hydrogen-bond donors (Lipinski definition) is 4. The van der Waals surface area contributed by atoms with E-state index in [-0.39, 0.29) is 54.5 Å². The minimum Gasteiger partial charge on any atom is -0.484 e. The molecule has 1 aromatic heterocycles. The van der Waals surface area contributed by atoms with Crippen molar-refractivity contribution in [1.29, 1.82) is 0 Å². The zero-order valence-electron chi connectivity index (χ0n) is 33.1. The number of halogens is 4. The highest BCUT2D eigenvalue weighted by atomic mass is 35.5. The molecule has 0 saturated heterocycles. The summed E-state index contributed by atoms with van der Waals surface area (Å²) in [5.74, 6) is 0.0951. The zero-order chi connectivity index (χ0) is 42.2. The maximum atomic E-state index is 13.9. The number of rotatable bonds is 24. The molecule has 0 aliphatic carbocycles. The smallest absolute Gasteiger partial charge is 0.297 e. The number of aryl methyl sites for hydroxylation is 1. The summed E-state index contributed by atoms with van der Waals surface area (Å²) in [6.07, 6.45) is 18.0. The van der Waals surface area contributed by atoms with Crippen molar-refractivity contribution in [3.05, 3.63) is 121 Å². The average Bonchev–Trinajstić information content (AvgIpc) is 3.49. The Hall–Kier alpha value is -4.13. The van der Waals surface area contributed by atoms with Crippen LogP contribution in [0, 0.1) is 0 Å². The highest BCUT2D eigenvalue weighted by Crippen LogP contribution is 2.35. The van der Waals surface area contributed by atoms with E-state index in [1.165, 1.54) is 113 Å². The molecule has 0 aliphatic rings. The number of amides is 1. The van der Waals surface area contributed by atoms with Crippen molar-refractivity contribution < 1.29 is 17.9 Å². The van der Waals surface area contributed by atoms with Gasteiger partial charge in [0.2, 0.25) is 0 Å². The molecule has 10 nitrogen and oxygen atoms in total. The van der Waals surface area contributed by atoms with Gasteiger partial charge in [0.15, 0.2) is 18.1 Å². The number of carbonyl (C=O) groups excluding carboxylic acids is 1. The maximum absolute atomic E-state index is 13.9. The summed E-state index contributed by atoms with van der Waals surface area (Å²) in [7, 11) is -4.24. The van der Waals surface area contributed by atoms with E-state index in [4.69, 9.17) is 51.1 Å². The first-order chi connectivity index (χ1) is 28.4. The molecule has 0 spiro atoms. The van der Waals surface area contributed by atoms with Crippen LogP contribution >= 0.6 is 46.4 Å². The fourth-order valence-electron chi connectivity index (χ4n) is 6.64. The van der Waals surface area contributed by atoms with Gasteiger partial charge in [-0.25, -0.2) is 13.1 Å². The number of aromatic nitrogens is 2. The van der Waals surface area contributed by atoms with Crippen LogP contribution in [0.3, 0.4) is 0 Å². The molecule has 5 aromatic rings. The Bertz CT molecular complexity index is 2300. The summed E-state index contributed by atoms with van der Waals surface area (Å²) < 4.78 is 36.0. The van der Waals surface area contributed by atoms with Crippen molar-refractivity contribution >= 4 is 85.2 Å². The number of H-pyrrole nitrogens is 1. The first-order valence-corrected chi connectivity index (χ1v) is 23.1. The monoisotopic (exact) mass is 901 g/mol. The van der Waals surface area contributed by atoms with Crippen LogP contribution in [0.5, 0.6) is 5.75 Å². The van der Waals surface area contributed by atoms with Crippen molar-refractivity contribution in [1.82, 2.24) is 9.78 Å². The van der Waals surface area contributed by atoms with Crippen molar-refractivity contribution in [2.45, 2.75) is 102 Å². The number of unbranched alkanes of at least 4 members (excludes halogenated alkanes) is 12. The zero-order valence-corrected chi connectivity index (χ0v) is 36.9. The Labute approximate surface area is 367 Å². The van der Waals surface area contributed by atoms with E-state index in [0.29, 0.717) is 11.4 Å². The third kappa shape index (κ3) is 14.0. The van der Waals surface area contributed by atoms with E-state index in [2.05, 4.69) is 33.4 Å². The standard InChI is InChI=1S/C44H51Cl4N5O5S/c1-2-3-4-5-6-7-8-9-10-11-12-13-15-19-31-20-18-21-34(26-31)58-30-40(54)49-33-24-25-36(46)39(29-33)50-43-41(52-59(56,57)35-22-16-14-17-23-35)44(55)53(51-43)42-37(47)27-32(45)28-38(42)48/h14,16-18,20-29,50-52H,2-13,15,19,30H2,1H3,(H,49,54). The molecule has 0 aliphatic heterocycles. The number of nitrogens with zero attached hydrogens (tertiary/aromatic N) is 1. The molecule has 1 heterocycles. The van der Waals surface area contributed by atoms with Gasteiger partial charge in [0.1, 0.15) is 11.4 Å². The lowest BCUT2D eigenvalue weighted by molar-refractivity contribution is -0.118. The predicted octanol–water partition coefficient (Wildman–Crippen LogP) is 13.0. The molecule has 0 saturated carbocycles. The molecule has 316 valence electrons. The topological polar surface area (TPSA) is 134 Å². The largest absolute Gasteiger partial charge is 0.484 e. The summed E-state index contributed by atoms with van der Waals surface area (Å²) in [4.78, 5) is 26.8. The molecular formula is C44H51Cl4N5O5S. The molecule has 0 radical (unpaired) electrons. The molecule has 4 N–H and O–H groups in total. The Morgan fingerprint density at radius 1 is 0.729 bits per heavy atom. The number of carbonyl (C=O) groups is 1. The first kappa shape index (κ1) is 45.9. The first-order valence-electron chi connectivity index (χ1n) is 20.1. The van der Waals surface area contributed by atoms with E-state index < -0.39 is 21.5 Å². The summed E-state index contributed by atoms with van der Waals surface area (Å²) in [6, 6.07) is 22.8. The molecule has 0 atom stereocenters. The van der Waals surface area contributed by atoms with Gasteiger partial charge in [0, 0.05) is 10.7 Å². The van der Waals surface area contributed by atoms with Crippen molar-refractivity contribution in [3.63, 3.8) is 0 Å². The normalized spacial score (nSPS) is 11.4. The van der Waals surface area contributed by atoms with Gasteiger partial charge in [-0.1, -0.05) is 161 Å². The van der Waals surface area contributed by atoms with Gasteiger partial charge >= 0.3 is 0 Å². The van der Waals surface area contributed by atoms with Crippen LogP contribution < -0.4 is 25.7 Å². The minimum atomic E-state index is -4.24. The van der Waals surface area contributed by atoms with Crippen LogP contribution in [0.4, 0.5) is 22.9 Å². The molecule has 15 heteroatoms. The lowest BCUT2D eigenvalue weighted by atomic mass is 10.0. The van der Waals surface area contributed by atoms with E-state index in [9.17, 15) is 18.0 Å². The Morgan fingerprint density at radius 2 is 1.36 bits per heavy atom. The van der Waals surface area contributed by atoms with Gasteiger partial charge in [-0.2, -0.15) is 0 Å². The highest BCUT2D eigenvalue weighted by molar-refractivity contribution is 7.92. The van der Waals surface area contributed by atoms with Gasteiger partial charge < -0.3 is 15.4 Å². The lowest BCUT2D eigenvalue weighted by Gasteiger charge is -2.13. The molecule has 5 rings (SSSR count). The number of hydrogen-bond acceptors (Lipinski definition) is 6. The second-order valence-electron chi connectivity index (χ2n) is 14.4. The van der Waals surface area contributed by atoms with Gasteiger partial charge in [-0.05, 0) is 73.0 Å². The van der Waals surface area contributed by atoms with Crippen LogP contribution in [-0.2, 0) is 21.2 Å². The number of ether oxygens (including phenoxy) is 1. The Morgan fingerprint density at radius 3 is 2.00 bits per heavy atom. The Balaban J connectivity index is 1.18. The molecule has 0 bridgehead atoms. The van der Waals surface area contributed by atoms with E-state index >= 15 is 0 Å². The molecule has 1 amide bonds. The van der Waals surface area contributed by atoms with Crippen LogP contribution in [-0.4, -0.2) is 30.7 Å². The quantitative estimate of drug-likeness (QED) is 0.0456. The number of anilines is 4. The molecule has 59 heavy (non-hydrogen) atoms. The second kappa shape index (κ2) is 23.0. The summed E-state index contributed by atoms with van der Waals surface area (Å²) in [5.41, 5.74) is 0.577.